The largest absolute Gasteiger partial charge is 0.322 e. The van der Waals surface area contributed by atoms with Gasteiger partial charge in [0.1, 0.15) is 0 Å². The Morgan fingerprint density at radius 2 is 1.48 bits per heavy atom. The predicted octanol–water partition coefficient (Wildman–Crippen LogP) is 5.34. The van der Waals surface area contributed by atoms with E-state index in [0.29, 0.717) is 17.2 Å². The lowest BCUT2D eigenvalue weighted by Crippen LogP contribution is -2.29. The van der Waals surface area contributed by atoms with E-state index in [1.54, 1.807) is 24.3 Å². The van der Waals surface area contributed by atoms with Gasteiger partial charge in [-0.1, -0.05) is 55.8 Å². The summed E-state index contributed by atoms with van der Waals surface area (Å²) in [6.45, 7) is 6.45. The van der Waals surface area contributed by atoms with Crippen LogP contribution in [0.4, 0.5) is 11.4 Å². The van der Waals surface area contributed by atoms with Crippen LogP contribution in [-0.4, -0.2) is 20.6 Å². The number of nitrogens with one attached hydrogen (secondary N) is 1. The Balaban J connectivity index is 1.75. The van der Waals surface area contributed by atoms with Crippen LogP contribution in [0.15, 0.2) is 72.8 Å². The van der Waals surface area contributed by atoms with Crippen LogP contribution in [0.2, 0.25) is 0 Å². The molecule has 0 radical (unpaired) electrons. The van der Waals surface area contributed by atoms with Gasteiger partial charge in [0.2, 0.25) is 10.0 Å². The molecule has 1 amide bonds. The number of hydrogen-bond donors (Lipinski definition) is 1. The number of sulfonamides is 1. The lowest BCUT2D eigenvalue weighted by molar-refractivity contribution is 0.102. The van der Waals surface area contributed by atoms with Gasteiger partial charge in [-0.2, -0.15) is 0 Å². The Kier molecular flexibility index (Phi) is 6.81. The summed E-state index contributed by atoms with van der Waals surface area (Å²) in [6, 6.07) is 22.1. The predicted molar refractivity (Wildman–Crippen MR) is 127 cm³/mol. The first-order chi connectivity index (χ1) is 14.6. The van der Waals surface area contributed by atoms with Crippen molar-refractivity contribution < 1.29 is 13.2 Å². The first kappa shape index (κ1) is 22.6. The monoisotopic (exact) mass is 436 g/mol. The number of aryl methyl sites for hydroxylation is 1. The summed E-state index contributed by atoms with van der Waals surface area (Å²) < 4.78 is 26.1. The highest BCUT2D eigenvalue weighted by molar-refractivity contribution is 7.92. The molecule has 0 saturated carbocycles. The van der Waals surface area contributed by atoms with Crippen molar-refractivity contribution in [2.75, 3.05) is 15.9 Å². The summed E-state index contributed by atoms with van der Waals surface area (Å²) in [7, 11) is -3.49. The van der Waals surface area contributed by atoms with Crippen LogP contribution < -0.4 is 9.62 Å². The van der Waals surface area contributed by atoms with Crippen molar-refractivity contribution in [1.82, 2.24) is 0 Å². The molecule has 3 aromatic rings. The van der Waals surface area contributed by atoms with Crippen molar-refractivity contribution in [3.63, 3.8) is 0 Å². The maximum atomic E-state index is 12.6. The normalized spacial score (nSPS) is 11.4. The molecule has 0 aliphatic rings. The summed E-state index contributed by atoms with van der Waals surface area (Å²) in [6.07, 6.45) is 1.18. The van der Waals surface area contributed by atoms with Crippen LogP contribution in [-0.2, 0) is 16.6 Å². The van der Waals surface area contributed by atoms with Gasteiger partial charge in [0.15, 0.2) is 0 Å². The molecule has 1 N–H and O–H groups in total. The molecule has 5 nitrogen and oxygen atoms in total. The third-order valence-corrected chi connectivity index (χ3v) is 6.24. The van der Waals surface area contributed by atoms with E-state index in [4.69, 9.17) is 0 Å². The van der Waals surface area contributed by atoms with E-state index in [-0.39, 0.29) is 12.5 Å². The van der Waals surface area contributed by atoms with Gasteiger partial charge in [0.25, 0.3) is 5.91 Å². The number of hydrogen-bond acceptors (Lipinski definition) is 3. The quantitative estimate of drug-likeness (QED) is 0.544. The van der Waals surface area contributed by atoms with Crippen LogP contribution in [0.1, 0.15) is 46.8 Å². The van der Waals surface area contributed by atoms with Crippen molar-refractivity contribution in [2.45, 2.75) is 33.2 Å². The molecular formula is C25H28N2O3S. The first-order valence-corrected chi connectivity index (χ1v) is 12.0. The van der Waals surface area contributed by atoms with Crippen molar-refractivity contribution in [2.24, 2.45) is 0 Å². The molecule has 0 saturated heterocycles. The molecule has 3 aromatic carbocycles. The van der Waals surface area contributed by atoms with Gasteiger partial charge >= 0.3 is 0 Å². The van der Waals surface area contributed by atoms with E-state index >= 15 is 0 Å². The van der Waals surface area contributed by atoms with Crippen molar-refractivity contribution in [1.29, 1.82) is 0 Å². The number of amides is 1. The highest BCUT2D eigenvalue weighted by atomic mass is 32.2. The van der Waals surface area contributed by atoms with Gasteiger partial charge in [-0.25, -0.2) is 8.42 Å². The number of nitrogens with zero attached hydrogens (tertiary/aromatic N) is 1. The third-order valence-electron chi connectivity index (χ3n) is 5.10. The number of carbonyl (C=O) groups is 1. The van der Waals surface area contributed by atoms with E-state index < -0.39 is 10.0 Å². The fourth-order valence-corrected chi connectivity index (χ4v) is 4.08. The van der Waals surface area contributed by atoms with Gasteiger partial charge in [0, 0.05) is 11.3 Å². The zero-order chi connectivity index (χ0) is 22.6. The molecule has 0 aliphatic carbocycles. The minimum Gasteiger partial charge on any atom is -0.322 e. The summed E-state index contributed by atoms with van der Waals surface area (Å²) in [5, 5.41) is 2.88. The molecule has 0 unspecified atom stereocenters. The van der Waals surface area contributed by atoms with Crippen LogP contribution in [0.3, 0.4) is 0 Å². The van der Waals surface area contributed by atoms with Crippen LogP contribution >= 0.6 is 0 Å². The Hall–Kier alpha value is -3.12. The molecule has 0 bridgehead atoms. The fourth-order valence-electron chi connectivity index (χ4n) is 3.19. The molecule has 0 heterocycles. The second kappa shape index (κ2) is 9.35. The molecule has 0 spiro atoms. The van der Waals surface area contributed by atoms with Gasteiger partial charge < -0.3 is 5.32 Å². The Bertz CT molecular complexity index is 1130. The van der Waals surface area contributed by atoms with Gasteiger partial charge in [-0.15, -0.1) is 0 Å². The van der Waals surface area contributed by atoms with Crippen molar-refractivity contribution in [3.8, 4) is 0 Å². The van der Waals surface area contributed by atoms with E-state index in [1.807, 2.05) is 55.5 Å². The van der Waals surface area contributed by atoms with E-state index in [2.05, 4.69) is 19.2 Å². The zero-order valence-corrected chi connectivity index (χ0v) is 19.1. The fraction of sp³-hybridized carbons (Fsp3) is 0.240. The molecule has 0 fully saturated rings. The lowest BCUT2D eigenvalue weighted by atomic mass is 10.0. The SMILES string of the molecule is Cc1ccc(CN(c2ccc(C(=O)Nc3ccc(C(C)C)cc3)cc2)S(C)(=O)=O)cc1. The standard InChI is InChI=1S/C25H28N2O3S/c1-18(2)21-9-13-23(14-10-21)26-25(28)22-11-15-24(16-12-22)27(31(4,29)30)17-20-7-5-19(3)6-8-20/h5-16,18H,17H2,1-4H3,(H,26,28). The molecule has 6 heteroatoms. The maximum absolute atomic E-state index is 12.6. The van der Waals surface area contributed by atoms with Gasteiger partial charge in [-0.3, -0.25) is 9.10 Å². The second-order valence-corrected chi connectivity index (χ2v) is 9.94. The van der Waals surface area contributed by atoms with Crippen LogP contribution in [0, 0.1) is 6.92 Å². The van der Waals surface area contributed by atoms with Crippen molar-refractivity contribution in [3.05, 3.63) is 95.1 Å². The van der Waals surface area contributed by atoms with Crippen molar-refractivity contribution >= 4 is 27.3 Å². The summed E-state index contributed by atoms with van der Waals surface area (Å²) in [4.78, 5) is 12.6. The summed E-state index contributed by atoms with van der Waals surface area (Å²) >= 11 is 0. The van der Waals surface area contributed by atoms with Crippen LogP contribution in [0.5, 0.6) is 0 Å². The number of rotatable bonds is 7. The molecule has 31 heavy (non-hydrogen) atoms. The average molecular weight is 437 g/mol. The van der Waals surface area contributed by atoms with Gasteiger partial charge in [-0.05, 0) is 60.4 Å². The minimum atomic E-state index is -3.49. The Morgan fingerprint density at radius 1 is 0.903 bits per heavy atom. The topological polar surface area (TPSA) is 66.5 Å². The highest BCUT2D eigenvalue weighted by Gasteiger charge is 2.18. The van der Waals surface area contributed by atoms with E-state index in [1.165, 1.54) is 16.1 Å². The minimum absolute atomic E-state index is 0.229. The molecular weight excluding hydrogens is 408 g/mol. The Labute approximate surface area is 184 Å². The highest BCUT2D eigenvalue weighted by Crippen LogP contribution is 2.22. The molecule has 162 valence electrons. The maximum Gasteiger partial charge on any atom is 0.255 e. The smallest absolute Gasteiger partial charge is 0.255 e. The first-order valence-electron chi connectivity index (χ1n) is 10.2. The average Bonchev–Trinajstić information content (AvgIpc) is 2.73. The zero-order valence-electron chi connectivity index (χ0n) is 18.3. The number of anilines is 2. The summed E-state index contributed by atoms with van der Waals surface area (Å²) in [5.74, 6) is 0.184. The second-order valence-electron chi connectivity index (χ2n) is 8.03. The number of carbonyl (C=O) groups excluding carboxylic acids is 1. The molecule has 0 aromatic heterocycles. The molecule has 0 aliphatic heterocycles. The molecule has 0 atom stereocenters. The lowest BCUT2D eigenvalue weighted by Gasteiger charge is -2.23. The Morgan fingerprint density at radius 3 is 2.00 bits per heavy atom. The van der Waals surface area contributed by atoms with E-state index in [9.17, 15) is 13.2 Å². The van der Waals surface area contributed by atoms with Gasteiger partial charge in [0.05, 0.1) is 18.5 Å². The van der Waals surface area contributed by atoms with E-state index in [0.717, 1.165) is 16.8 Å². The summed E-state index contributed by atoms with van der Waals surface area (Å²) in [5.41, 5.74) is 4.90. The molecule has 3 rings (SSSR count). The third kappa shape index (κ3) is 5.95. The van der Waals surface area contributed by atoms with Crippen LogP contribution in [0.25, 0.3) is 0 Å². The number of benzene rings is 3.